The fourth-order valence-electron chi connectivity index (χ4n) is 5.60. The second kappa shape index (κ2) is 11.0. The summed E-state index contributed by atoms with van der Waals surface area (Å²) in [5.74, 6) is 1.34. The molecule has 1 saturated heterocycles. The average Bonchev–Trinajstić information content (AvgIpc) is 3.27. The summed E-state index contributed by atoms with van der Waals surface area (Å²) in [5, 5.41) is 0.728. The maximum absolute atomic E-state index is 6.25. The first-order valence-electron chi connectivity index (χ1n) is 12.9. The third-order valence-corrected chi connectivity index (χ3v) is 7.51. The number of aromatic nitrogens is 2. The Labute approximate surface area is 219 Å². The van der Waals surface area contributed by atoms with Crippen molar-refractivity contribution < 1.29 is 0 Å². The van der Waals surface area contributed by atoms with Gasteiger partial charge in [0.15, 0.2) is 0 Å². The van der Waals surface area contributed by atoms with Crippen LogP contribution in [0.5, 0.6) is 0 Å². The van der Waals surface area contributed by atoms with Gasteiger partial charge >= 0.3 is 0 Å². The molecule has 1 N–H and O–H groups in total. The minimum absolute atomic E-state index is 0.267. The number of piperazine rings is 1. The first-order chi connectivity index (χ1) is 17.5. The molecule has 36 heavy (non-hydrogen) atoms. The number of hydrogen-bond acceptors (Lipinski definition) is 3. The summed E-state index contributed by atoms with van der Waals surface area (Å²) in [6, 6.07) is 30.3. The quantitative estimate of drug-likeness (QED) is 0.294. The van der Waals surface area contributed by atoms with Crippen molar-refractivity contribution in [1.82, 2.24) is 19.8 Å². The minimum atomic E-state index is 0.267. The lowest BCUT2D eigenvalue weighted by Gasteiger charge is -2.43. The lowest BCUT2D eigenvalue weighted by Crippen LogP contribution is -2.50. The fraction of sp³-hybridized carbons (Fsp3) is 0.323. The molecule has 5 heteroatoms. The summed E-state index contributed by atoms with van der Waals surface area (Å²) in [6.45, 7) is 10.8. The minimum Gasteiger partial charge on any atom is -0.342 e. The smallest absolute Gasteiger partial charge is 0.137 e. The summed E-state index contributed by atoms with van der Waals surface area (Å²) >= 11 is 6.25. The predicted octanol–water partition coefficient (Wildman–Crippen LogP) is 7.14. The molecular formula is C31H35ClN4. The summed E-state index contributed by atoms with van der Waals surface area (Å²) in [5.41, 5.74) is 6.02. The van der Waals surface area contributed by atoms with Gasteiger partial charge in [-0.3, -0.25) is 9.80 Å². The number of imidazole rings is 1. The third-order valence-electron chi connectivity index (χ3n) is 7.27. The largest absolute Gasteiger partial charge is 0.342 e. The standard InChI is InChI=1S/C31H35ClN4/c1-22(2)29(28-23(3)33-31(34-28)26-15-10-16-27(32)21-26)35-17-19-36(20-18-35)30(24-11-6-4-7-12-24)25-13-8-5-9-14-25/h4-16,21-22,29-30H,17-20H2,1-3H3,(H,33,34). The van der Waals surface area contributed by atoms with Crippen molar-refractivity contribution in [1.29, 1.82) is 0 Å². The van der Waals surface area contributed by atoms with E-state index in [2.05, 4.69) is 102 Å². The van der Waals surface area contributed by atoms with Crippen LogP contribution in [-0.2, 0) is 0 Å². The molecule has 1 aliphatic rings. The molecule has 4 aromatic rings. The molecule has 1 unspecified atom stereocenters. The van der Waals surface area contributed by atoms with Gasteiger partial charge in [-0.15, -0.1) is 0 Å². The third kappa shape index (κ3) is 5.27. The second-order valence-corrected chi connectivity index (χ2v) is 10.5. The maximum atomic E-state index is 6.25. The van der Waals surface area contributed by atoms with Crippen molar-refractivity contribution in [3.63, 3.8) is 0 Å². The zero-order valence-electron chi connectivity index (χ0n) is 21.4. The van der Waals surface area contributed by atoms with Gasteiger partial charge in [-0.25, -0.2) is 4.98 Å². The Kier molecular flexibility index (Phi) is 7.56. The molecule has 1 aliphatic heterocycles. The van der Waals surface area contributed by atoms with E-state index < -0.39 is 0 Å². The predicted molar refractivity (Wildman–Crippen MR) is 149 cm³/mol. The van der Waals surface area contributed by atoms with Crippen molar-refractivity contribution in [2.24, 2.45) is 5.92 Å². The maximum Gasteiger partial charge on any atom is 0.137 e. The van der Waals surface area contributed by atoms with Crippen LogP contribution in [0.1, 0.15) is 48.4 Å². The van der Waals surface area contributed by atoms with Crippen LogP contribution in [0.4, 0.5) is 0 Å². The molecule has 2 heterocycles. The molecule has 1 atom stereocenters. The monoisotopic (exact) mass is 498 g/mol. The van der Waals surface area contributed by atoms with Gasteiger partial charge in [-0.2, -0.15) is 0 Å². The molecular weight excluding hydrogens is 464 g/mol. The van der Waals surface area contributed by atoms with Crippen LogP contribution < -0.4 is 0 Å². The van der Waals surface area contributed by atoms with Crippen molar-refractivity contribution >= 4 is 11.6 Å². The SMILES string of the molecule is Cc1[nH]c(-c2cccc(Cl)c2)nc1C(C(C)C)N1CCN(C(c2ccccc2)c2ccccc2)CC1. The van der Waals surface area contributed by atoms with E-state index in [4.69, 9.17) is 16.6 Å². The van der Waals surface area contributed by atoms with Gasteiger partial charge in [-0.1, -0.05) is 98.2 Å². The highest BCUT2D eigenvalue weighted by Crippen LogP contribution is 2.35. The van der Waals surface area contributed by atoms with E-state index in [1.165, 1.54) is 11.1 Å². The van der Waals surface area contributed by atoms with E-state index in [9.17, 15) is 0 Å². The van der Waals surface area contributed by atoms with E-state index in [-0.39, 0.29) is 12.1 Å². The first kappa shape index (κ1) is 24.8. The molecule has 1 aromatic heterocycles. The van der Waals surface area contributed by atoms with E-state index in [1.54, 1.807) is 0 Å². The summed E-state index contributed by atoms with van der Waals surface area (Å²) in [4.78, 5) is 13.9. The number of aromatic amines is 1. The van der Waals surface area contributed by atoms with Gasteiger partial charge in [0.25, 0.3) is 0 Å². The molecule has 5 rings (SSSR count). The zero-order valence-corrected chi connectivity index (χ0v) is 22.1. The number of H-pyrrole nitrogens is 1. The van der Waals surface area contributed by atoms with E-state index in [0.717, 1.165) is 54.0 Å². The molecule has 0 radical (unpaired) electrons. The van der Waals surface area contributed by atoms with Crippen LogP contribution in [0.2, 0.25) is 5.02 Å². The van der Waals surface area contributed by atoms with E-state index in [0.29, 0.717) is 5.92 Å². The lowest BCUT2D eigenvalue weighted by atomic mass is 9.94. The number of nitrogens with zero attached hydrogens (tertiary/aromatic N) is 3. The fourth-order valence-corrected chi connectivity index (χ4v) is 5.79. The van der Waals surface area contributed by atoms with Gasteiger partial charge in [0.1, 0.15) is 5.82 Å². The van der Waals surface area contributed by atoms with E-state index >= 15 is 0 Å². The number of aryl methyl sites for hydroxylation is 1. The molecule has 3 aromatic carbocycles. The Hall–Kier alpha value is -2.92. The lowest BCUT2D eigenvalue weighted by molar-refractivity contribution is 0.0599. The Morgan fingerprint density at radius 3 is 1.92 bits per heavy atom. The number of hydrogen-bond donors (Lipinski definition) is 1. The number of halogens is 1. The zero-order chi connectivity index (χ0) is 25.1. The Morgan fingerprint density at radius 2 is 1.36 bits per heavy atom. The van der Waals surface area contributed by atoms with Crippen molar-refractivity contribution in [3.8, 4) is 11.4 Å². The van der Waals surface area contributed by atoms with Gasteiger partial charge in [0.2, 0.25) is 0 Å². The summed E-state index contributed by atoms with van der Waals surface area (Å²) in [7, 11) is 0. The normalized spacial score (nSPS) is 16.1. The molecule has 1 fully saturated rings. The first-order valence-corrected chi connectivity index (χ1v) is 13.3. The Balaban J connectivity index is 1.37. The Morgan fingerprint density at radius 1 is 0.778 bits per heavy atom. The van der Waals surface area contributed by atoms with Gasteiger partial charge in [0, 0.05) is 42.5 Å². The van der Waals surface area contributed by atoms with Crippen LogP contribution in [0, 0.1) is 12.8 Å². The van der Waals surface area contributed by atoms with E-state index in [1.807, 2.05) is 18.2 Å². The van der Waals surface area contributed by atoms with Crippen LogP contribution in [0.15, 0.2) is 84.9 Å². The van der Waals surface area contributed by atoms with Crippen LogP contribution in [0.25, 0.3) is 11.4 Å². The van der Waals surface area contributed by atoms with Crippen LogP contribution in [-0.4, -0.2) is 45.9 Å². The van der Waals surface area contributed by atoms with Crippen molar-refractivity contribution in [3.05, 3.63) is 112 Å². The summed E-state index contributed by atoms with van der Waals surface area (Å²) < 4.78 is 0. The number of benzene rings is 3. The molecule has 4 nitrogen and oxygen atoms in total. The van der Waals surface area contributed by atoms with Crippen molar-refractivity contribution in [2.45, 2.75) is 32.9 Å². The number of rotatable bonds is 7. The molecule has 0 aliphatic carbocycles. The number of nitrogens with one attached hydrogen (secondary N) is 1. The molecule has 0 amide bonds. The van der Waals surface area contributed by atoms with Crippen molar-refractivity contribution in [2.75, 3.05) is 26.2 Å². The van der Waals surface area contributed by atoms with Gasteiger partial charge in [-0.05, 0) is 36.1 Å². The van der Waals surface area contributed by atoms with Gasteiger partial charge < -0.3 is 4.98 Å². The molecule has 186 valence electrons. The highest BCUT2D eigenvalue weighted by Gasteiger charge is 2.33. The second-order valence-electron chi connectivity index (χ2n) is 10.1. The molecule has 0 bridgehead atoms. The summed E-state index contributed by atoms with van der Waals surface area (Å²) in [6.07, 6.45) is 0. The Bertz CT molecular complexity index is 1220. The topological polar surface area (TPSA) is 35.2 Å². The van der Waals surface area contributed by atoms with Crippen LogP contribution in [0.3, 0.4) is 0 Å². The average molecular weight is 499 g/mol. The molecule has 0 spiro atoms. The highest BCUT2D eigenvalue weighted by atomic mass is 35.5. The van der Waals surface area contributed by atoms with Crippen LogP contribution >= 0.6 is 11.6 Å². The molecule has 0 saturated carbocycles. The van der Waals surface area contributed by atoms with Gasteiger partial charge in [0.05, 0.1) is 17.8 Å². The highest BCUT2D eigenvalue weighted by molar-refractivity contribution is 6.30.